The topological polar surface area (TPSA) is 98.5 Å². The number of aliphatic hydroxyl groups is 1. The van der Waals surface area contributed by atoms with E-state index >= 15 is 0 Å². The van der Waals surface area contributed by atoms with E-state index < -0.39 is 17.6 Å². The molecule has 0 fully saturated rings. The molecule has 0 aliphatic heterocycles. The van der Waals surface area contributed by atoms with Crippen LogP contribution >= 0.6 is 0 Å². The van der Waals surface area contributed by atoms with E-state index in [-0.39, 0.29) is 35.4 Å². The van der Waals surface area contributed by atoms with Crippen molar-refractivity contribution in [3.8, 4) is 0 Å². The molecule has 0 unspecified atom stereocenters. The first-order valence-electron chi connectivity index (χ1n) is 10.1. The average Bonchev–Trinajstić information content (AvgIpc) is 2.74. The molecule has 0 radical (unpaired) electrons. The number of esters is 1. The number of aliphatic hydroxyl groups excluding tert-OH is 1. The van der Waals surface area contributed by atoms with Gasteiger partial charge in [0.25, 0.3) is 5.56 Å². The second-order valence-electron chi connectivity index (χ2n) is 8.39. The number of fused-ring (bicyclic) bond motifs is 1. The zero-order chi connectivity index (χ0) is 22.8. The van der Waals surface area contributed by atoms with E-state index in [0.29, 0.717) is 10.9 Å². The number of Topliss-reactive ketones (excluding diaryl/α,β-unsaturated/α-hetero) is 1. The van der Waals surface area contributed by atoms with Gasteiger partial charge in [0.05, 0.1) is 18.5 Å². The maximum Gasteiger partial charge on any atom is 0.360 e. The number of benzene rings is 2. The summed E-state index contributed by atoms with van der Waals surface area (Å²) in [6.07, 6.45) is -1.04. The van der Waals surface area contributed by atoms with Gasteiger partial charge in [-0.3, -0.25) is 9.59 Å². The lowest BCUT2D eigenvalue weighted by Gasteiger charge is -2.19. The molecule has 7 heteroatoms. The lowest BCUT2D eigenvalue weighted by Crippen LogP contribution is -2.30. The number of nitrogens with zero attached hydrogens (tertiary/aromatic N) is 2. The molecule has 7 nitrogen and oxygen atoms in total. The number of hydrogen-bond acceptors (Lipinski definition) is 6. The minimum absolute atomic E-state index is 0.0376. The van der Waals surface area contributed by atoms with Crippen LogP contribution in [0.1, 0.15) is 54.1 Å². The maximum atomic E-state index is 12.8. The highest BCUT2D eigenvalue weighted by Gasteiger charge is 2.24. The van der Waals surface area contributed by atoms with Crippen molar-refractivity contribution >= 4 is 22.5 Å². The van der Waals surface area contributed by atoms with Crippen molar-refractivity contribution in [3.05, 3.63) is 75.7 Å². The molecule has 3 rings (SSSR count). The zero-order valence-corrected chi connectivity index (χ0v) is 18.1. The van der Waals surface area contributed by atoms with Gasteiger partial charge in [0.1, 0.15) is 0 Å². The minimum Gasteiger partial charge on any atom is -0.449 e. The fraction of sp³-hybridized carbons (Fsp3) is 0.333. The van der Waals surface area contributed by atoms with Crippen molar-refractivity contribution in [2.45, 2.75) is 45.8 Å². The van der Waals surface area contributed by atoms with Crippen LogP contribution < -0.4 is 5.56 Å². The van der Waals surface area contributed by atoms with Crippen LogP contribution in [0.15, 0.2) is 53.3 Å². The quantitative estimate of drug-likeness (QED) is 0.484. The molecular formula is C24H26N2O5. The Bertz CT molecular complexity index is 1170. The van der Waals surface area contributed by atoms with Crippen molar-refractivity contribution in [2.24, 2.45) is 0 Å². The molecule has 1 N–H and O–H groups in total. The molecule has 1 atom stereocenters. The molecule has 0 bridgehead atoms. The van der Waals surface area contributed by atoms with E-state index in [1.807, 2.05) is 12.1 Å². The van der Waals surface area contributed by atoms with Crippen molar-refractivity contribution in [1.29, 1.82) is 0 Å². The summed E-state index contributed by atoms with van der Waals surface area (Å²) < 4.78 is 6.43. The number of ether oxygens (including phenoxy) is 1. The Morgan fingerprint density at radius 2 is 1.68 bits per heavy atom. The van der Waals surface area contributed by atoms with Gasteiger partial charge in [0, 0.05) is 10.9 Å². The molecule has 1 heterocycles. The van der Waals surface area contributed by atoms with Gasteiger partial charge in [0.15, 0.2) is 11.8 Å². The first kappa shape index (κ1) is 22.4. The zero-order valence-electron chi connectivity index (χ0n) is 18.1. The normalized spacial score (nSPS) is 12.5. The second-order valence-corrected chi connectivity index (χ2v) is 8.39. The Morgan fingerprint density at radius 3 is 2.26 bits per heavy atom. The Morgan fingerprint density at radius 1 is 1.06 bits per heavy atom. The van der Waals surface area contributed by atoms with Gasteiger partial charge in [-0.05, 0) is 24.0 Å². The second kappa shape index (κ2) is 8.81. The SMILES string of the molecule is C[C@@H](OC(=O)c1nn(CCO)c(=O)c2ccccc12)C(=O)c1ccc(C(C)(C)C)cc1. The Hall–Kier alpha value is -3.32. The third kappa shape index (κ3) is 4.72. The van der Waals surface area contributed by atoms with Crippen LogP contribution in [0.5, 0.6) is 0 Å². The van der Waals surface area contributed by atoms with Crippen LogP contribution in [0.2, 0.25) is 0 Å². The summed E-state index contributed by atoms with van der Waals surface area (Å²) in [6, 6.07) is 13.8. The van der Waals surface area contributed by atoms with Crippen LogP contribution in [0.25, 0.3) is 10.8 Å². The fourth-order valence-corrected chi connectivity index (χ4v) is 3.27. The van der Waals surface area contributed by atoms with E-state index in [2.05, 4.69) is 25.9 Å². The molecule has 0 amide bonds. The molecule has 0 aliphatic rings. The van der Waals surface area contributed by atoms with Gasteiger partial charge >= 0.3 is 5.97 Å². The first-order chi connectivity index (χ1) is 14.6. The first-order valence-corrected chi connectivity index (χ1v) is 10.1. The number of carbonyl (C=O) groups is 2. The maximum absolute atomic E-state index is 12.8. The molecule has 0 saturated carbocycles. The lowest BCUT2D eigenvalue weighted by atomic mass is 9.86. The summed E-state index contributed by atoms with van der Waals surface area (Å²) in [4.78, 5) is 38.1. The molecular weight excluding hydrogens is 396 g/mol. The van der Waals surface area contributed by atoms with Gasteiger partial charge in [-0.15, -0.1) is 0 Å². The smallest absolute Gasteiger partial charge is 0.360 e. The Labute approximate surface area is 180 Å². The third-order valence-corrected chi connectivity index (χ3v) is 5.06. The summed E-state index contributed by atoms with van der Waals surface area (Å²) >= 11 is 0. The monoisotopic (exact) mass is 422 g/mol. The molecule has 162 valence electrons. The van der Waals surface area contributed by atoms with Crippen molar-refractivity contribution < 1.29 is 19.4 Å². The van der Waals surface area contributed by atoms with E-state index in [9.17, 15) is 19.5 Å². The minimum atomic E-state index is -1.04. The highest BCUT2D eigenvalue weighted by Crippen LogP contribution is 2.23. The molecule has 2 aromatic carbocycles. The van der Waals surface area contributed by atoms with Gasteiger partial charge in [-0.1, -0.05) is 63.2 Å². The van der Waals surface area contributed by atoms with E-state index in [0.717, 1.165) is 10.2 Å². The summed E-state index contributed by atoms with van der Waals surface area (Å²) in [5, 5.41) is 13.9. The standard InChI is InChI=1S/C24H26N2O5/c1-15(21(28)16-9-11-17(12-10-16)24(2,3)4)31-23(30)20-18-7-5-6-8-19(18)22(29)26(25-20)13-14-27/h5-12,15,27H,13-14H2,1-4H3/t15-/m1/s1. The van der Waals surface area contributed by atoms with Crippen LogP contribution in [0.3, 0.4) is 0 Å². The molecule has 0 spiro atoms. The van der Waals surface area contributed by atoms with Crippen molar-refractivity contribution in [1.82, 2.24) is 9.78 Å². The molecule has 31 heavy (non-hydrogen) atoms. The van der Waals surface area contributed by atoms with Crippen LogP contribution in [-0.2, 0) is 16.7 Å². The molecule has 3 aromatic rings. The Kier molecular flexibility index (Phi) is 6.36. The van der Waals surface area contributed by atoms with E-state index in [1.165, 1.54) is 6.92 Å². The molecule has 0 saturated heterocycles. The van der Waals surface area contributed by atoms with Crippen LogP contribution in [0, 0.1) is 0 Å². The van der Waals surface area contributed by atoms with E-state index in [1.54, 1.807) is 36.4 Å². The predicted octanol–water partition coefficient (Wildman–Crippen LogP) is 3.11. The van der Waals surface area contributed by atoms with Crippen LogP contribution in [-0.4, -0.2) is 39.4 Å². The molecule has 0 aliphatic carbocycles. The number of aromatic nitrogens is 2. The average molecular weight is 422 g/mol. The summed E-state index contributed by atoms with van der Waals surface area (Å²) in [5.41, 5.74) is 1.01. The highest BCUT2D eigenvalue weighted by atomic mass is 16.5. The van der Waals surface area contributed by atoms with Crippen molar-refractivity contribution in [2.75, 3.05) is 6.61 Å². The summed E-state index contributed by atoms with van der Waals surface area (Å²) in [5.74, 6) is -1.14. The van der Waals surface area contributed by atoms with Crippen LogP contribution in [0.4, 0.5) is 0 Å². The van der Waals surface area contributed by atoms with Gasteiger partial charge in [0.2, 0.25) is 5.78 Å². The van der Waals surface area contributed by atoms with E-state index in [4.69, 9.17) is 4.74 Å². The van der Waals surface area contributed by atoms with Gasteiger partial charge in [-0.2, -0.15) is 5.10 Å². The van der Waals surface area contributed by atoms with Gasteiger partial charge in [-0.25, -0.2) is 9.48 Å². The number of hydrogen-bond donors (Lipinski definition) is 1. The van der Waals surface area contributed by atoms with Crippen molar-refractivity contribution in [3.63, 3.8) is 0 Å². The Balaban J connectivity index is 1.87. The number of carbonyl (C=O) groups excluding carboxylic acids is 2. The summed E-state index contributed by atoms with van der Waals surface area (Å²) in [6.45, 7) is 7.40. The summed E-state index contributed by atoms with van der Waals surface area (Å²) in [7, 11) is 0. The molecule has 1 aromatic heterocycles. The third-order valence-electron chi connectivity index (χ3n) is 5.06. The fourth-order valence-electron chi connectivity index (χ4n) is 3.27. The predicted molar refractivity (Wildman–Crippen MR) is 117 cm³/mol. The largest absolute Gasteiger partial charge is 0.449 e. The highest BCUT2D eigenvalue weighted by molar-refractivity contribution is 6.05. The number of ketones is 1. The number of rotatable bonds is 6. The lowest BCUT2D eigenvalue weighted by molar-refractivity contribution is 0.0312. The van der Waals surface area contributed by atoms with Gasteiger partial charge < -0.3 is 9.84 Å².